The normalized spacial score (nSPS) is 23.7. The third-order valence-corrected chi connectivity index (χ3v) is 3.79. The van der Waals surface area contributed by atoms with Crippen molar-refractivity contribution in [3.05, 3.63) is 41.3 Å². The molecule has 1 aromatic rings. The number of hydrogen-bond donors (Lipinski definition) is 0. The fourth-order valence-electron chi connectivity index (χ4n) is 2.18. The molecule has 0 aliphatic heterocycles. The van der Waals surface area contributed by atoms with Crippen molar-refractivity contribution in [2.45, 2.75) is 25.7 Å². The van der Waals surface area contributed by atoms with Gasteiger partial charge in [-0.2, -0.15) is 0 Å². The number of nitrogens with zero attached hydrogens (tertiary/aromatic N) is 1. The molecule has 1 saturated carbocycles. The average Bonchev–Trinajstić information content (AvgIpc) is 2.40. The highest BCUT2D eigenvalue weighted by Crippen LogP contribution is 2.37. The van der Waals surface area contributed by atoms with Crippen LogP contribution in [0, 0.1) is 18.8 Å². The summed E-state index contributed by atoms with van der Waals surface area (Å²) in [5, 5.41) is 0. The van der Waals surface area contributed by atoms with Gasteiger partial charge in [0, 0.05) is 16.9 Å². The largest absolute Gasteiger partial charge is 0.466 e. The van der Waals surface area contributed by atoms with Gasteiger partial charge < -0.3 is 4.74 Å². The smallest absolute Gasteiger partial charge is 0.308 e. The zero-order valence-corrected chi connectivity index (χ0v) is 11.9. The highest BCUT2D eigenvalue weighted by atomic mass is 79.9. The topological polar surface area (TPSA) is 39.2 Å². The summed E-state index contributed by atoms with van der Waals surface area (Å²) < 4.78 is 6.06. The molecule has 2 rings (SSSR count). The highest BCUT2D eigenvalue weighted by molar-refractivity contribution is 9.10. The van der Waals surface area contributed by atoms with Crippen molar-refractivity contribution in [1.82, 2.24) is 4.98 Å². The second kappa shape index (κ2) is 6.32. The first-order chi connectivity index (χ1) is 8.72. The SMILES string of the molecule is CCOC(=O)C1C[CH]C(c2ccncc2Br)[CH]C1. The van der Waals surface area contributed by atoms with Crippen LogP contribution in [-0.2, 0) is 9.53 Å². The molecule has 1 heterocycles. The Hall–Kier alpha value is -0.900. The Kier molecular flexibility index (Phi) is 4.75. The van der Waals surface area contributed by atoms with Crippen molar-refractivity contribution in [1.29, 1.82) is 0 Å². The van der Waals surface area contributed by atoms with E-state index in [4.69, 9.17) is 4.74 Å². The highest BCUT2D eigenvalue weighted by Gasteiger charge is 2.29. The number of pyridine rings is 1. The molecule has 1 aliphatic rings. The molecule has 4 heteroatoms. The predicted octanol–water partition coefficient (Wildman–Crippen LogP) is 3.31. The van der Waals surface area contributed by atoms with Gasteiger partial charge in [0.15, 0.2) is 0 Å². The van der Waals surface area contributed by atoms with Crippen LogP contribution in [0.15, 0.2) is 22.9 Å². The molecule has 0 spiro atoms. The lowest BCUT2D eigenvalue weighted by Gasteiger charge is -2.27. The van der Waals surface area contributed by atoms with Crippen molar-refractivity contribution in [2.75, 3.05) is 6.61 Å². The monoisotopic (exact) mass is 309 g/mol. The molecule has 1 aliphatic carbocycles. The van der Waals surface area contributed by atoms with Gasteiger partial charge in [-0.05, 0) is 66.1 Å². The van der Waals surface area contributed by atoms with E-state index in [2.05, 4.69) is 33.8 Å². The zero-order valence-electron chi connectivity index (χ0n) is 10.3. The van der Waals surface area contributed by atoms with Gasteiger partial charge in [-0.1, -0.05) is 0 Å². The fraction of sp³-hybridized carbons (Fsp3) is 0.429. The summed E-state index contributed by atoms with van der Waals surface area (Å²) in [7, 11) is 0. The molecular weight excluding hydrogens is 294 g/mol. The molecule has 18 heavy (non-hydrogen) atoms. The Labute approximate surface area is 116 Å². The molecule has 0 unspecified atom stereocenters. The van der Waals surface area contributed by atoms with Gasteiger partial charge in [0.05, 0.1) is 12.5 Å². The van der Waals surface area contributed by atoms with E-state index >= 15 is 0 Å². The van der Waals surface area contributed by atoms with E-state index in [0.29, 0.717) is 6.61 Å². The Morgan fingerprint density at radius 3 is 2.83 bits per heavy atom. The standard InChI is InChI=1S/C14H16BrNO2/c1-2-18-14(17)11-5-3-10(4-6-11)12-7-8-16-9-13(12)15/h3-4,7-11H,2,5-6H2,1H3. The van der Waals surface area contributed by atoms with Crippen molar-refractivity contribution < 1.29 is 9.53 Å². The maximum atomic E-state index is 11.6. The number of ether oxygens (including phenoxy) is 1. The molecular formula is C14H16BrNO2. The number of carbonyl (C=O) groups is 1. The van der Waals surface area contributed by atoms with Gasteiger partial charge in [-0.25, -0.2) is 0 Å². The van der Waals surface area contributed by atoms with E-state index in [0.717, 1.165) is 17.3 Å². The molecule has 0 N–H and O–H groups in total. The molecule has 0 bridgehead atoms. The van der Waals surface area contributed by atoms with Crippen LogP contribution in [0.4, 0.5) is 0 Å². The predicted molar refractivity (Wildman–Crippen MR) is 72.6 cm³/mol. The van der Waals surface area contributed by atoms with Gasteiger partial charge in [0.1, 0.15) is 0 Å². The molecule has 0 aromatic carbocycles. The summed E-state index contributed by atoms with van der Waals surface area (Å²) in [6.07, 6.45) is 9.48. The molecule has 1 fully saturated rings. The van der Waals surface area contributed by atoms with E-state index in [1.54, 1.807) is 12.4 Å². The summed E-state index contributed by atoms with van der Waals surface area (Å²) in [4.78, 5) is 15.7. The number of esters is 1. The molecule has 96 valence electrons. The van der Waals surface area contributed by atoms with E-state index < -0.39 is 0 Å². The van der Waals surface area contributed by atoms with Crippen LogP contribution < -0.4 is 0 Å². The lowest BCUT2D eigenvalue weighted by atomic mass is 9.79. The van der Waals surface area contributed by atoms with E-state index in [1.165, 1.54) is 5.56 Å². The van der Waals surface area contributed by atoms with Crippen LogP contribution in [-0.4, -0.2) is 17.6 Å². The van der Waals surface area contributed by atoms with Crippen LogP contribution in [0.3, 0.4) is 0 Å². The second-order valence-corrected chi connectivity index (χ2v) is 5.17. The van der Waals surface area contributed by atoms with Crippen LogP contribution in [0.25, 0.3) is 0 Å². The third-order valence-electron chi connectivity index (χ3n) is 3.13. The van der Waals surface area contributed by atoms with Crippen molar-refractivity contribution >= 4 is 21.9 Å². The molecule has 0 saturated heterocycles. The molecule has 2 radical (unpaired) electrons. The minimum Gasteiger partial charge on any atom is -0.466 e. The minimum atomic E-state index is -0.0859. The number of rotatable bonds is 3. The van der Waals surface area contributed by atoms with Gasteiger partial charge in [-0.15, -0.1) is 0 Å². The zero-order chi connectivity index (χ0) is 13.0. The van der Waals surface area contributed by atoms with E-state index in [9.17, 15) is 4.79 Å². The third kappa shape index (κ3) is 3.10. The number of aromatic nitrogens is 1. The maximum Gasteiger partial charge on any atom is 0.308 e. The van der Waals surface area contributed by atoms with Crippen molar-refractivity contribution in [2.24, 2.45) is 5.92 Å². The number of carbonyl (C=O) groups excluding carboxylic acids is 1. The van der Waals surface area contributed by atoms with Crippen LogP contribution in [0.5, 0.6) is 0 Å². The minimum absolute atomic E-state index is 0.0122. The maximum absolute atomic E-state index is 11.6. The Bertz CT molecular complexity index is 414. The lowest BCUT2D eigenvalue weighted by Crippen LogP contribution is -2.24. The summed E-state index contributed by atoms with van der Waals surface area (Å²) >= 11 is 3.51. The number of halogens is 1. The summed E-state index contributed by atoms with van der Waals surface area (Å²) in [6.45, 7) is 2.29. The Balaban J connectivity index is 1.95. The average molecular weight is 310 g/mol. The quantitative estimate of drug-likeness (QED) is 0.804. The van der Waals surface area contributed by atoms with Gasteiger partial charge in [0.2, 0.25) is 0 Å². The van der Waals surface area contributed by atoms with E-state index in [-0.39, 0.29) is 17.8 Å². The molecule has 3 nitrogen and oxygen atoms in total. The van der Waals surface area contributed by atoms with Crippen LogP contribution in [0.1, 0.15) is 31.2 Å². The second-order valence-electron chi connectivity index (χ2n) is 4.31. The first-order valence-corrected chi connectivity index (χ1v) is 6.94. The summed E-state index contributed by atoms with van der Waals surface area (Å²) in [5.74, 6) is 0.187. The van der Waals surface area contributed by atoms with Crippen LogP contribution in [0.2, 0.25) is 0 Å². The first kappa shape index (κ1) is 13.5. The molecule has 0 atom stereocenters. The molecule has 0 amide bonds. The van der Waals surface area contributed by atoms with Gasteiger partial charge >= 0.3 is 5.97 Å². The van der Waals surface area contributed by atoms with Crippen molar-refractivity contribution in [3.63, 3.8) is 0 Å². The Morgan fingerprint density at radius 1 is 1.50 bits per heavy atom. The number of hydrogen-bond acceptors (Lipinski definition) is 3. The summed E-state index contributed by atoms with van der Waals surface area (Å²) in [5.41, 5.74) is 1.20. The van der Waals surface area contributed by atoms with Gasteiger partial charge in [-0.3, -0.25) is 9.78 Å². The van der Waals surface area contributed by atoms with E-state index in [1.807, 2.05) is 13.0 Å². The van der Waals surface area contributed by atoms with Gasteiger partial charge in [0.25, 0.3) is 0 Å². The van der Waals surface area contributed by atoms with Crippen LogP contribution >= 0.6 is 15.9 Å². The lowest BCUT2D eigenvalue weighted by molar-refractivity contribution is -0.148. The Morgan fingerprint density at radius 2 is 2.22 bits per heavy atom. The first-order valence-electron chi connectivity index (χ1n) is 6.15. The van der Waals surface area contributed by atoms with Crippen molar-refractivity contribution in [3.8, 4) is 0 Å². The summed E-state index contributed by atoms with van der Waals surface area (Å²) in [6, 6.07) is 2.01. The fourth-order valence-corrected chi connectivity index (χ4v) is 2.69. The molecule has 1 aromatic heterocycles.